The largest absolute Gasteiger partial charge is 0.480 e. The minimum atomic E-state index is -1.46. The Balaban J connectivity index is 3.14. The Bertz CT molecular complexity index is 308. The Morgan fingerprint density at radius 3 is 2.07 bits per heavy atom. The van der Waals surface area contributed by atoms with Crippen molar-refractivity contribution in [2.24, 2.45) is 0 Å². The first kappa shape index (κ1) is 12.2. The lowest BCUT2D eigenvalue weighted by molar-refractivity contribution is -0.175. The van der Waals surface area contributed by atoms with Crippen LogP contribution in [-0.2, 0) is 9.59 Å². The van der Waals surface area contributed by atoms with Crippen molar-refractivity contribution in [1.82, 2.24) is 4.90 Å². The summed E-state index contributed by atoms with van der Waals surface area (Å²) < 4.78 is 0. The fourth-order valence-electron chi connectivity index (χ4n) is 2.37. The highest BCUT2D eigenvalue weighted by molar-refractivity contribution is 6.65. The van der Waals surface area contributed by atoms with Crippen molar-refractivity contribution >= 4 is 20.7 Å². The summed E-state index contributed by atoms with van der Waals surface area (Å²) in [6.07, 6.45) is 0.184. The molecule has 0 saturated carbocycles. The topological polar surface area (TPSA) is 57.6 Å². The maximum atomic E-state index is 11.6. The van der Waals surface area contributed by atoms with Crippen molar-refractivity contribution in [3.8, 4) is 0 Å². The molecule has 0 spiro atoms. The molecule has 1 saturated heterocycles. The molecule has 1 aliphatic rings. The first-order valence-electron chi connectivity index (χ1n) is 5.20. The zero-order valence-corrected chi connectivity index (χ0v) is 11.2. The van der Waals surface area contributed by atoms with Crippen LogP contribution in [0, 0.1) is 0 Å². The number of aliphatic carboxylic acids is 1. The second-order valence-electron chi connectivity index (χ2n) is 5.46. The lowest BCUT2D eigenvalue weighted by Gasteiger charge is -2.57. The average molecular weight is 229 g/mol. The molecular formula is C10H19NO3Si. The molecule has 1 rings (SSSR count). The SMILES string of the molecule is C[SiH](C)C1(C(=O)O)CC(=O)N1C(C)(C)C. The number of carboxylic acid groups (broad SMARTS) is 1. The third-order valence-corrected chi connectivity index (χ3v) is 5.68. The molecule has 0 bridgehead atoms. The van der Waals surface area contributed by atoms with Crippen molar-refractivity contribution in [3.05, 3.63) is 0 Å². The number of hydrogen-bond acceptors (Lipinski definition) is 2. The van der Waals surface area contributed by atoms with E-state index in [4.69, 9.17) is 0 Å². The molecule has 0 radical (unpaired) electrons. The van der Waals surface area contributed by atoms with Gasteiger partial charge in [0, 0.05) is 5.54 Å². The molecule has 0 aliphatic carbocycles. The summed E-state index contributed by atoms with van der Waals surface area (Å²) in [6, 6.07) is 0. The number of β-lactam (4-membered cyclic amide) rings is 1. The van der Waals surface area contributed by atoms with E-state index in [0.717, 1.165) is 0 Å². The molecule has 5 heteroatoms. The van der Waals surface area contributed by atoms with Crippen LogP contribution in [0.25, 0.3) is 0 Å². The van der Waals surface area contributed by atoms with Gasteiger partial charge in [-0.25, -0.2) is 0 Å². The number of nitrogens with zero attached hydrogens (tertiary/aromatic N) is 1. The number of likely N-dealkylation sites (tertiary alicyclic amines) is 1. The lowest BCUT2D eigenvalue weighted by atomic mass is 9.91. The Morgan fingerprint density at radius 1 is 1.47 bits per heavy atom. The zero-order valence-electron chi connectivity index (χ0n) is 10.00. The Morgan fingerprint density at radius 2 is 1.93 bits per heavy atom. The van der Waals surface area contributed by atoms with Crippen molar-refractivity contribution in [1.29, 1.82) is 0 Å². The summed E-state index contributed by atoms with van der Waals surface area (Å²) in [7, 11) is -1.46. The van der Waals surface area contributed by atoms with E-state index in [2.05, 4.69) is 0 Å². The first-order chi connectivity index (χ1) is 6.64. The Hall–Kier alpha value is -0.843. The number of carbonyl (C=O) groups excluding carboxylic acids is 1. The van der Waals surface area contributed by atoms with Gasteiger partial charge in [-0.15, -0.1) is 0 Å². The van der Waals surface area contributed by atoms with Gasteiger partial charge in [0.1, 0.15) is 5.16 Å². The number of carboxylic acids is 1. The standard InChI is InChI=1S/C10H19NO3Si/c1-9(2,3)11-7(12)6-10(11,8(13)14)15(4)5/h15H,6H2,1-5H3,(H,13,14). The third kappa shape index (κ3) is 1.58. The first-order valence-corrected chi connectivity index (χ1v) is 8.09. The number of carbonyl (C=O) groups is 2. The minimum absolute atomic E-state index is 0.0360. The average Bonchev–Trinajstić information content (AvgIpc) is 1.93. The summed E-state index contributed by atoms with van der Waals surface area (Å²) in [5.74, 6) is -0.871. The molecule has 1 heterocycles. The molecule has 0 aromatic carbocycles. The number of rotatable bonds is 2. The maximum absolute atomic E-state index is 11.6. The van der Waals surface area contributed by atoms with Gasteiger partial charge in [-0.3, -0.25) is 9.59 Å². The highest BCUT2D eigenvalue weighted by Gasteiger charge is 2.62. The molecule has 0 aromatic heterocycles. The molecule has 0 aromatic rings. The molecule has 1 atom stereocenters. The summed E-state index contributed by atoms with van der Waals surface area (Å²) in [6.45, 7) is 9.63. The normalized spacial score (nSPS) is 26.8. The Kier molecular flexibility index (Phi) is 2.72. The van der Waals surface area contributed by atoms with Gasteiger partial charge in [0.2, 0.25) is 5.91 Å². The summed E-state index contributed by atoms with van der Waals surface area (Å²) >= 11 is 0. The van der Waals surface area contributed by atoms with Crippen LogP contribution >= 0.6 is 0 Å². The van der Waals surface area contributed by atoms with E-state index in [9.17, 15) is 14.7 Å². The van der Waals surface area contributed by atoms with Crippen molar-refractivity contribution in [2.75, 3.05) is 0 Å². The van der Waals surface area contributed by atoms with Crippen LogP contribution in [-0.4, -0.2) is 41.4 Å². The second-order valence-corrected chi connectivity index (χ2v) is 8.73. The van der Waals surface area contributed by atoms with Crippen LogP contribution < -0.4 is 0 Å². The fraction of sp³-hybridized carbons (Fsp3) is 0.800. The minimum Gasteiger partial charge on any atom is -0.480 e. The van der Waals surface area contributed by atoms with E-state index in [0.29, 0.717) is 0 Å². The molecule has 86 valence electrons. The van der Waals surface area contributed by atoms with Gasteiger partial charge in [0.05, 0.1) is 15.2 Å². The van der Waals surface area contributed by atoms with E-state index in [1.165, 1.54) is 0 Å². The Labute approximate surface area is 91.9 Å². The van der Waals surface area contributed by atoms with Gasteiger partial charge in [0.15, 0.2) is 0 Å². The smallest absolute Gasteiger partial charge is 0.326 e. The second kappa shape index (κ2) is 3.33. The lowest BCUT2D eigenvalue weighted by Crippen LogP contribution is -2.77. The van der Waals surface area contributed by atoms with Gasteiger partial charge in [-0.1, -0.05) is 13.1 Å². The van der Waals surface area contributed by atoms with Crippen molar-refractivity contribution in [3.63, 3.8) is 0 Å². The monoisotopic (exact) mass is 229 g/mol. The predicted molar refractivity (Wildman–Crippen MR) is 60.5 cm³/mol. The van der Waals surface area contributed by atoms with Gasteiger partial charge >= 0.3 is 5.97 Å². The number of hydrogen-bond donors (Lipinski definition) is 1. The van der Waals surface area contributed by atoms with Crippen LogP contribution in [0.15, 0.2) is 0 Å². The summed E-state index contributed by atoms with van der Waals surface area (Å²) in [5, 5.41) is 8.48. The molecule has 15 heavy (non-hydrogen) atoms. The quantitative estimate of drug-likeness (QED) is 0.564. The third-order valence-electron chi connectivity index (χ3n) is 3.07. The van der Waals surface area contributed by atoms with Crippen molar-refractivity contribution < 1.29 is 14.7 Å². The molecule has 1 unspecified atom stereocenters. The van der Waals surface area contributed by atoms with E-state index < -0.39 is 25.5 Å². The van der Waals surface area contributed by atoms with Gasteiger partial charge < -0.3 is 10.0 Å². The highest BCUT2D eigenvalue weighted by Crippen LogP contribution is 2.40. The molecular weight excluding hydrogens is 210 g/mol. The fourth-order valence-corrected chi connectivity index (χ4v) is 4.50. The van der Waals surface area contributed by atoms with E-state index in [1.807, 2.05) is 33.9 Å². The van der Waals surface area contributed by atoms with Gasteiger partial charge in [-0.05, 0) is 20.8 Å². The highest BCUT2D eigenvalue weighted by atomic mass is 28.3. The molecule has 1 aliphatic heterocycles. The molecule has 1 N–H and O–H groups in total. The van der Waals surface area contributed by atoms with Crippen LogP contribution in [0.4, 0.5) is 0 Å². The molecule has 1 fully saturated rings. The number of amides is 1. The van der Waals surface area contributed by atoms with Crippen LogP contribution in [0.1, 0.15) is 27.2 Å². The summed E-state index contributed by atoms with van der Waals surface area (Å²) in [4.78, 5) is 24.5. The predicted octanol–water partition coefficient (Wildman–Crippen LogP) is 0.866. The molecule has 1 amide bonds. The van der Waals surface area contributed by atoms with Gasteiger partial charge in [0.25, 0.3) is 0 Å². The maximum Gasteiger partial charge on any atom is 0.326 e. The van der Waals surface area contributed by atoms with Crippen LogP contribution in [0.2, 0.25) is 13.1 Å². The molecule has 4 nitrogen and oxygen atoms in total. The zero-order chi connectivity index (χ0) is 12.0. The van der Waals surface area contributed by atoms with Crippen LogP contribution in [0.3, 0.4) is 0 Å². The van der Waals surface area contributed by atoms with E-state index in [1.54, 1.807) is 4.90 Å². The van der Waals surface area contributed by atoms with Crippen molar-refractivity contribution in [2.45, 2.75) is 51.0 Å². The van der Waals surface area contributed by atoms with E-state index in [-0.39, 0.29) is 12.3 Å². The van der Waals surface area contributed by atoms with E-state index >= 15 is 0 Å². The van der Waals surface area contributed by atoms with Crippen LogP contribution in [0.5, 0.6) is 0 Å². The summed E-state index contributed by atoms with van der Waals surface area (Å²) in [5.41, 5.74) is -0.398. The van der Waals surface area contributed by atoms with Gasteiger partial charge in [-0.2, -0.15) is 0 Å².